The van der Waals surface area contributed by atoms with Crippen LogP contribution in [0.2, 0.25) is 0 Å². The number of hydrogen-bond acceptors (Lipinski definition) is 7. The number of nitrogens with zero attached hydrogens (tertiary/aromatic N) is 2. The van der Waals surface area contributed by atoms with Gasteiger partial charge in [0.25, 0.3) is 11.6 Å². The predicted molar refractivity (Wildman–Crippen MR) is 104 cm³/mol. The molecular formula is C20H21N3O7. The number of aryl methyl sites for hydroxylation is 2. The molecule has 1 aromatic heterocycles. The number of carbonyl (C=O) groups excluding carboxylic acids is 3. The van der Waals surface area contributed by atoms with Crippen LogP contribution in [0.4, 0.5) is 11.4 Å². The molecule has 10 nitrogen and oxygen atoms in total. The Morgan fingerprint density at radius 2 is 2.07 bits per heavy atom. The second-order valence-corrected chi connectivity index (χ2v) is 7.12. The number of nitro groups is 1. The fourth-order valence-corrected chi connectivity index (χ4v) is 3.17. The lowest BCUT2D eigenvalue weighted by atomic mass is 10.1. The van der Waals surface area contributed by atoms with Crippen molar-refractivity contribution in [3.05, 3.63) is 57.5 Å². The molecule has 1 fully saturated rings. The van der Waals surface area contributed by atoms with Crippen molar-refractivity contribution in [3.63, 3.8) is 0 Å². The Morgan fingerprint density at radius 3 is 2.73 bits per heavy atom. The summed E-state index contributed by atoms with van der Waals surface area (Å²) in [4.78, 5) is 48.6. The van der Waals surface area contributed by atoms with Crippen molar-refractivity contribution in [2.24, 2.45) is 5.92 Å². The third kappa shape index (κ3) is 4.83. The number of ether oxygens (including phenoxy) is 1. The van der Waals surface area contributed by atoms with Crippen LogP contribution in [0.15, 0.2) is 34.9 Å². The van der Waals surface area contributed by atoms with Crippen molar-refractivity contribution in [2.75, 3.05) is 18.5 Å². The molecule has 1 aliphatic rings. The molecule has 0 radical (unpaired) electrons. The zero-order valence-electron chi connectivity index (χ0n) is 16.5. The first-order chi connectivity index (χ1) is 14.2. The number of nitrogens with one attached hydrogen (secondary N) is 1. The minimum absolute atomic E-state index is 0.0101. The van der Waals surface area contributed by atoms with Gasteiger partial charge in [-0.1, -0.05) is 0 Å². The monoisotopic (exact) mass is 415 g/mol. The number of nitro benzene ring substituents is 1. The van der Waals surface area contributed by atoms with Crippen molar-refractivity contribution in [2.45, 2.75) is 26.8 Å². The standard InChI is InChI=1S/C20H21N3O7/c1-12-6-16(17(23(27)28)7-13(12)2)21-18(24)11-30-20(26)14-8-19(25)22(9-14)10-15-4-3-5-29-15/h3-7,14H,8-11H2,1-2H3,(H,21,24)/t14-/m0/s1. The summed E-state index contributed by atoms with van der Waals surface area (Å²) in [6, 6.07) is 6.30. The van der Waals surface area contributed by atoms with E-state index in [-0.39, 0.29) is 36.8 Å². The molecule has 1 saturated heterocycles. The van der Waals surface area contributed by atoms with Gasteiger partial charge < -0.3 is 19.4 Å². The minimum Gasteiger partial charge on any atom is -0.467 e. The molecule has 0 saturated carbocycles. The lowest BCUT2D eigenvalue weighted by Crippen LogP contribution is -2.28. The predicted octanol–water partition coefficient (Wildman–Crippen LogP) is 2.34. The van der Waals surface area contributed by atoms with Gasteiger partial charge >= 0.3 is 5.97 Å². The van der Waals surface area contributed by atoms with Crippen LogP contribution in [0.5, 0.6) is 0 Å². The number of anilines is 1. The van der Waals surface area contributed by atoms with Crippen LogP contribution in [0.1, 0.15) is 23.3 Å². The summed E-state index contributed by atoms with van der Waals surface area (Å²) in [6.07, 6.45) is 1.49. The Balaban J connectivity index is 1.54. The zero-order chi connectivity index (χ0) is 21.8. The van der Waals surface area contributed by atoms with E-state index in [2.05, 4.69) is 5.32 Å². The van der Waals surface area contributed by atoms with E-state index in [0.29, 0.717) is 5.76 Å². The first-order valence-corrected chi connectivity index (χ1v) is 9.27. The van der Waals surface area contributed by atoms with Crippen LogP contribution in [-0.4, -0.2) is 40.8 Å². The molecule has 2 heterocycles. The maximum absolute atomic E-state index is 12.3. The normalized spacial score (nSPS) is 15.9. The van der Waals surface area contributed by atoms with Crippen molar-refractivity contribution >= 4 is 29.2 Å². The van der Waals surface area contributed by atoms with Gasteiger partial charge in [0.15, 0.2) is 6.61 Å². The Morgan fingerprint density at radius 1 is 1.33 bits per heavy atom. The van der Waals surface area contributed by atoms with Gasteiger partial charge in [-0.2, -0.15) is 0 Å². The molecule has 2 aromatic rings. The average molecular weight is 415 g/mol. The summed E-state index contributed by atoms with van der Waals surface area (Å²) in [6.45, 7) is 3.31. The van der Waals surface area contributed by atoms with Gasteiger partial charge in [-0.15, -0.1) is 0 Å². The summed E-state index contributed by atoms with van der Waals surface area (Å²) in [5.74, 6) is -1.66. The first kappa shape index (κ1) is 21.0. The number of carbonyl (C=O) groups is 3. The molecule has 1 atom stereocenters. The van der Waals surface area contributed by atoms with E-state index in [9.17, 15) is 24.5 Å². The highest BCUT2D eigenvalue weighted by atomic mass is 16.6. The summed E-state index contributed by atoms with van der Waals surface area (Å²) in [7, 11) is 0. The number of rotatable bonds is 7. The van der Waals surface area contributed by atoms with Gasteiger partial charge in [0.2, 0.25) is 5.91 Å². The Bertz CT molecular complexity index is 985. The molecule has 1 aliphatic heterocycles. The van der Waals surface area contributed by atoms with Crippen molar-refractivity contribution < 1.29 is 28.5 Å². The van der Waals surface area contributed by atoms with Gasteiger partial charge in [0.05, 0.1) is 23.6 Å². The van der Waals surface area contributed by atoms with Crippen LogP contribution in [0, 0.1) is 29.9 Å². The number of hydrogen-bond donors (Lipinski definition) is 1. The van der Waals surface area contributed by atoms with Crippen molar-refractivity contribution in [1.82, 2.24) is 4.90 Å². The first-order valence-electron chi connectivity index (χ1n) is 9.27. The van der Waals surface area contributed by atoms with Crippen LogP contribution < -0.4 is 5.32 Å². The lowest BCUT2D eigenvalue weighted by molar-refractivity contribution is -0.384. The fourth-order valence-electron chi connectivity index (χ4n) is 3.17. The van der Waals surface area contributed by atoms with Gasteiger partial charge in [0.1, 0.15) is 11.4 Å². The molecule has 158 valence electrons. The number of esters is 1. The smallest absolute Gasteiger partial charge is 0.311 e. The molecule has 30 heavy (non-hydrogen) atoms. The molecule has 1 N–H and O–H groups in total. The zero-order valence-corrected chi connectivity index (χ0v) is 16.5. The average Bonchev–Trinajstić information content (AvgIpc) is 3.33. The molecule has 0 aliphatic carbocycles. The minimum atomic E-state index is -0.702. The largest absolute Gasteiger partial charge is 0.467 e. The molecule has 0 spiro atoms. The van der Waals surface area contributed by atoms with Crippen LogP contribution in [0.25, 0.3) is 0 Å². The Kier molecular flexibility index (Phi) is 6.14. The third-order valence-corrected chi connectivity index (χ3v) is 4.90. The number of furan rings is 1. The highest BCUT2D eigenvalue weighted by molar-refractivity contribution is 5.95. The Hall–Kier alpha value is -3.69. The quantitative estimate of drug-likeness (QED) is 0.417. The van der Waals surface area contributed by atoms with Gasteiger partial charge in [-0.05, 0) is 43.2 Å². The van der Waals surface area contributed by atoms with Crippen LogP contribution in [-0.2, 0) is 25.7 Å². The highest BCUT2D eigenvalue weighted by Gasteiger charge is 2.36. The van der Waals surface area contributed by atoms with E-state index in [1.807, 2.05) is 0 Å². The lowest BCUT2D eigenvalue weighted by Gasteiger charge is -2.14. The maximum Gasteiger partial charge on any atom is 0.311 e. The summed E-state index contributed by atoms with van der Waals surface area (Å²) >= 11 is 0. The van der Waals surface area contributed by atoms with Gasteiger partial charge in [0, 0.05) is 19.0 Å². The van der Waals surface area contributed by atoms with Crippen LogP contribution >= 0.6 is 0 Å². The fraction of sp³-hybridized carbons (Fsp3) is 0.350. The second-order valence-electron chi connectivity index (χ2n) is 7.12. The van der Waals surface area contributed by atoms with E-state index in [0.717, 1.165) is 11.1 Å². The summed E-state index contributed by atoms with van der Waals surface area (Å²) in [5.41, 5.74) is 1.28. The molecule has 10 heteroatoms. The van der Waals surface area contributed by atoms with Crippen LogP contribution in [0.3, 0.4) is 0 Å². The van der Waals surface area contributed by atoms with Crippen molar-refractivity contribution in [3.8, 4) is 0 Å². The highest BCUT2D eigenvalue weighted by Crippen LogP contribution is 2.28. The SMILES string of the molecule is Cc1cc(NC(=O)COC(=O)[C@H]2CC(=O)N(Cc3ccco3)C2)c([N+](=O)[O-])cc1C. The topological polar surface area (TPSA) is 132 Å². The maximum atomic E-state index is 12.3. The second kappa shape index (κ2) is 8.76. The molecule has 3 rings (SSSR count). The molecular weight excluding hydrogens is 394 g/mol. The van der Waals surface area contributed by atoms with Crippen molar-refractivity contribution in [1.29, 1.82) is 0 Å². The summed E-state index contributed by atoms with van der Waals surface area (Å²) in [5, 5.41) is 13.6. The molecule has 2 amide bonds. The van der Waals surface area contributed by atoms with E-state index in [4.69, 9.17) is 9.15 Å². The van der Waals surface area contributed by atoms with E-state index in [1.54, 1.807) is 26.0 Å². The molecule has 0 bridgehead atoms. The molecule has 0 unspecified atom stereocenters. The van der Waals surface area contributed by atoms with Gasteiger partial charge in [-0.3, -0.25) is 24.5 Å². The van der Waals surface area contributed by atoms with E-state index in [1.165, 1.54) is 23.3 Å². The number of likely N-dealkylation sites (tertiary alicyclic amines) is 1. The summed E-state index contributed by atoms with van der Waals surface area (Å²) < 4.78 is 10.2. The van der Waals surface area contributed by atoms with Gasteiger partial charge in [-0.25, -0.2) is 0 Å². The number of amides is 2. The Labute approximate surface area is 171 Å². The van der Waals surface area contributed by atoms with E-state index < -0.39 is 29.3 Å². The number of benzene rings is 1. The molecule has 1 aromatic carbocycles. The van der Waals surface area contributed by atoms with E-state index >= 15 is 0 Å². The third-order valence-electron chi connectivity index (χ3n) is 4.90.